The molecule has 1 saturated heterocycles. The Morgan fingerprint density at radius 1 is 1.71 bits per heavy atom. The van der Waals surface area contributed by atoms with Gasteiger partial charge in [-0.25, -0.2) is 4.98 Å². The van der Waals surface area contributed by atoms with Crippen molar-refractivity contribution < 1.29 is 4.79 Å². The Kier molecular flexibility index (Phi) is 3.83. The van der Waals surface area contributed by atoms with Crippen molar-refractivity contribution in [3.8, 4) is 0 Å². The minimum atomic E-state index is -0.178. The molecule has 2 heterocycles. The molecule has 92 valence electrons. The van der Waals surface area contributed by atoms with Crippen LogP contribution in [-0.4, -0.2) is 35.5 Å². The van der Waals surface area contributed by atoms with Crippen molar-refractivity contribution in [2.75, 3.05) is 18.5 Å². The van der Waals surface area contributed by atoms with Crippen LogP contribution in [0.5, 0.6) is 0 Å². The molecule has 1 unspecified atom stereocenters. The first-order valence-corrected chi connectivity index (χ1v) is 6.47. The number of nitrogens with one attached hydrogen (secondary N) is 1. The molecule has 1 fully saturated rings. The van der Waals surface area contributed by atoms with Crippen molar-refractivity contribution in [2.45, 2.75) is 18.9 Å². The molecule has 0 aliphatic carbocycles. The van der Waals surface area contributed by atoms with Crippen molar-refractivity contribution in [3.05, 3.63) is 16.0 Å². The average molecular weight is 320 g/mol. The van der Waals surface area contributed by atoms with E-state index >= 15 is 0 Å². The molecule has 1 amide bonds. The highest BCUT2D eigenvalue weighted by molar-refractivity contribution is 9.10. The molecule has 2 rings (SSSR count). The summed E-state index contributed by atoms with van der Waals surface area (Å²) >= 11 is 9.17. The first-order chi connectivity index (χ1) is 8.13. The van der Waals surface area contributed by atoms with E-state index in [1.165, 1.54) is 0 Å². The molecule has 1 aromatic heterocycles. The summed E-state index contributed by atoms with van der Waals surface area (Å²) in [6, 6.07) is -0.178. The molecule has 1 atom stereocenters. The Morgan fingerprint density at radius 3 is 3.18 bits per heavy atom. The molecule has 0 saturated carbocycles. The van der Waals surface area contributed by atoms with Gasteiger partial charge >= 0.3 is 0 Å². The lowest BCUT2D eigenvalue weighted by atomic mass is 10.2. The predicted octanol–water partition coefficient (Wildman–Crippen LogP) is 1.61. The molecule has 1 N–H and O–H groups in total. The van der Waals surface area contributed by atoms with Crippen molar-refractivity contribution in [1.29, 1.82) is 0 Å². The maximum atomic E-state index is 11.7. The van der Waals surface area contributed by atoms with Gasteiger partial charge in [0.15, 0.2) is 0 Å². The van der Waals surface area contributed by atoms with Gasteiger partial charge in [0.2, 0.25) is 11.2 Å². The van der Waals surface area contributed by atoms with Gasteiger partial charge < -0.3 is 10.2 Å². The van der Waals surface area contributed by atoms with Gasteiger partial charge in [-0.3, -0.25) is 4.79 Å². The predicted molar refractivity (Wildman–Crippen MR) is 69.2 cm³/mol. The van der Waals surface area contributed by atoms with Crippen molar-refractivity contribution >= 4 is 39.3 Å². The lowest BCUT2D eigenvalue weighted by Gasteiger charge is -2.25. The van der Waals surface area contributed by atoms with Gasteiger partial charge in [0.1, 0.15) is 11.9 Å². The summed E-state index contributed by atoms with van der Waals surface area (Å²) in [5.41, 5.74) is 0. The van der Waals surface area contributed by atoms with E-state index in [9.17, 15) is 4.79 Å². The van der Waals surface area contributed by atoms with Gasteiger partial charge in [-0.2, -0.15) is 4.98 Å². The lowest BCUT2D eigenvalue weighted by Crippen LogP contribution is -2.42. The van der Waals surface area contributed by atoms with Crippen LogP contribution in [0.25, 0.3) is 0 Å². The third kappa shape index (κ3) is 2.52. The third-order valence-electron chi connectivity index (χ3n) is 2.77. The molecule has 17 heavy (non-hydrogen) atoms. The fourth-order valence-electron chi connectivity index (χ4n) is 2.00. The maximum absolute atomic E-state index is 11.7. The number of amides is 1. The molecule has 1 aromatic rings. The number of hydrogen-bond donors (Lipinski definition) is 1. The summed E-state index contributed by atoms with van der Waals surface area (Å²) in [6.07, 6.45) is 3.39. The van der Waals surface area contributed by atoms with Gasteiger partial charge in [-0.15, -0.1) is 0 Å². The zero-order valence-electron chi connectivity index (χ0n) is 9.28. The Labute approximate surface area is 113 Å². The van der Waals surface area contributed by atoms with E-state index in [1.54, 1.807) is 13.2 Å². The number of aromatic nitrogens is 2. The summed E-state index contributed by atoms with van der Waals surface area (Å²) in [5, 5.41) is 2.85. The summed E-state index contributed by atoms with van der Waals surface area (Å²) in [7, 11) is 1.64. The monoisotopic (exact) mass is 318 g/mol. The van der Waals surface area contributed by atoms with Gasteiger partial charge in [0.25, 0.3) is 0 Å². The smallest absolute Gasteiger partial charge is 0.242 e. The third-order valence-corrected chi connectivity index (χ3v) is 3.51. The van der Waals surface area contributed by atoms with Crippen molar-refractivity contribution in [3.63, 3.8) is 0 Å². The molecule has 7 heteroatoms. The Hall–Kier alpha value is -0.880. The number of carbonyl (C=O) groups is 1. The van der Waals surface area contributed by atoms with E-state index in [-0.39, 0.29) is 17.2 Å². The standard InChI is InChI=1S/C10H12BrClN4O/c1-13-9(17)7-3-2-4-16(7)8-6(11)5-14-10(12)15-8/h5,7H,2-4H2,1H3,(H,13,17). The van der Waals surface area contributed by atoms with Crippen LogP contribution in [-0.2, 0) is 4.79 Å². The van der Waals surface area contributed by atoms with E-state index < -0.39 is 0 Å². The van der Waals surface area contributed by atoms with Gasteiger partial charge in [-0.05, 0) is 40.4 Å². The molecule has 0 spiro atoms. The fraction of sp³-hybridized carbons (Fsp3) is 0.500. The number of carbonyl (C=O) groups excluding carboxylic acids is 1. The number of anilines is 1. The van der Waals surface area contributed by atoms with Crippen LogP contribution >= 0.6 is 27.5 Å². The number of halogens is 2. The second-order valence-electron chi connectivity index (χ2n) is 3.78. The number of hydrogen-bond acceptors (Lipinski definition) is 4. The summed E-state index contributed by atoms with van der Waals surface area (Å²) in [6.45, 7) is 0.796. The van der Waals surface area contributed by atoms with Crippen LogP contribution in [0.2, 0.25) is 5.28 Å². The van der Waals surface area contributed by atoms with Crippen LogP contribution in [0.3, 0.4) is 0 Å². The number of nitrogens with zero attached hydrogens (tertiary/aromatic N) is 3. The normalized spacial score (nSPS) is 19.5. The Morgan fingerprint density at radius 2 is 2.47 bits per heavy atom. The number of rotatable bonds is 2. The van der Waals surface area contributed by atoms with Crippen molar-refractivity contribution in [1.82, 2.24) is 15.3 Å². The zero-order chi connectivity index (χ0) is 12.4. The van der Waals surface area contributed by atoms with Crippen molar-refractivity contribution in [2.24, 2.45) is 0 Å². The summed E-state index contributed by atoms with van der Waals surface area (Å²) < 4.78 is 0.748. The Balaban J connectivity index is 2.32. The van der Waals surface area contributed by atoms with Crippen LogP contribution in [0.1, 0.15) is 12.8 Å². The molecule has 0 bridgehead atoms. The molecule has 1 aliphatic rings. The minimum absolute atomic E-state index is 0.00383. The largest absolute Gasteiger partial charge is 0.357 e. The van der Waals surface area contributed by atoms with E-state index in [0.29, 0.717) is 5.82 Å². The van der Waals surface area contributed by atoms with Gasteiger partial charge in [0.05, 0.1) is 4.47 Å². The summed E-state index contributed by atoms with van der Waals surface area (Å²) in [4.78, 5) is 21.8. The van der Waals surface area contributed by atoms with Crippen LogP contribution in [0.15, 0.2) is 10.7 Å². The molecule has 1 aliphatic heterocycles. The van der Waals surface area contributed by atoms with Gasteiger partial charge in [0, 0.05) is 19.8 Å². The average Bonchev–Trinajstić information content (AvgIpc) is 2.80. The summed E-state index contributed by atoms with van der Waals surface area (Å²) in [5.74, 6) is 0.681. The lowest BCUT2D eigenvalue weighted by molar-refractivity contribution is -0.121. The van der Waals surface area contributed by atoms with E-state index in [1.807, 2.05) is 4.90 Å². The minimum Gasteiger partial charge on any atom is -0.357 e. The van der Waals surface area contributed by atoms with Crippen LogP contribution < -0.4 is 10.2 Å². The number of likely N-dealkylation sites (N-methyl/N-ethyl adjacent to an activating group) is 1. The van der Waals surface area contributed by atoms with Crippen LogP contribution in [0.4, 0.5) is 5.82 Å². The molecule has 5 nitrogen and oxygen atoms in total. The second-order valence-corrected chi connectivity index (χ2v) is 4.97. The SMILES string of the molecule is CNC(=O)C1CCCN1c1nc(Cl)ncc1Br. The maximum Gasteiger partial charge on any atom is 0.242 e. The fourth-order valence-corrected chi connectivity index (χ4v) is 2.55. The van der Waals surface area contributed by atoms with Crippen LogP contribution in [0, 0.1) is 0 Å². The zero-order valence-corrected chi connectivity index (χ0v) is 11.6. The highest BCUT2D eigenvalue weighted by Crippen LogP contribution is 2.30. The van der Waals surface area contributed by atoms with E-state index in [2.05, 4.69) is 31.2 Å². The molecule has 0 radical (unpaired) electrons. The van der Waals surface area contributed by atoms with E-state index in [0.717, 1.165) is 23.9 Å². The first kappa shape index (κ1) is 12.6. The molecular weight excluding hydrogens is 307 g/mol. The topological polar surface area (TPSA) is 58.1 Å². The first-order valence-electron chi connectivity index (χ1n) is 5.29. The van der Waals surface area contributed by atoms with Gasteiger partial charge in [-0.1, -0.05) is 0 Å². The second kappa shape index (κ2) is 5.18. The molecule has 0 aromatic carbocycles. The van der Waals surface area contributed by atoms with E-state index in [4.69, 9.17) is 11.6 Å². The molecular formula is C10H12BrClN4O. The highest BCUT2D eigenvalue weighted by atomic mass is 79.9. The Bertz CT molecular complexity index is 442. The quantitative estimate of drug-likeness (QED) is 0.841. The highest BCUT2D eigenvalue weighted by Gasteiger charge is 2.32.